The Bertz CT molecular complexity index is 412. The van der Waals surface area contributed by atoms with E-state index in [9.17, 15) is 14.4 Å². The van der Waals surface area contributed by atoms with Gasteiger partial charge in [0.25, 0.3) is 0 Å². The van der Waals surface area contributed by atoms with Gasteiger partial charge in [0.1, 0.15) is 12.7 Å². The van der Waals surface area contributed by atoms with Crippen LogP contribution in [0.3, 0.4) is 0 Å². The largest absolute Gasteiger partial charge is 0.481 e. The number of aliphatic carboxylic acids is 1. The minimum atomic E-state index is -1.08. The number of carbonyl (C=O) groups excluding carboxylic acids is 2. The molecule has 1 aliphatic heterocycles. The molecule has 21 heavy (non-hydrogen) atoms. The average Bonchev–Trinajstić information content (AvgIpc) is 3.23. The van der Waals surface area contributed by atoms with E-state index in [1.54, 1.807) is 0 Å². The molecule has 0 bridgehead atoms. The van der Waals surface area contributed by atoms with Crippen molar-refractivity contribution < 1.29 is 38.4 Å². The minimum absolute atomic E-state index is 0.0123. The van der Waals surface area contributed by atoms with E-state index in [0.29, 0.717) is 6.61 Å². The Morgan fingerprint density at radius 1 is 1.33 bits per heavy atom. The third kappa shape index (κ3) is 7.42. The van der Waals surface area contributed by atoms with Gasteiger partial charge in [-0.25, -0.2) is 4.79 Å². The van der Waals surface area contributed by atoms with Crippen LogP contribution in [0.4, 0.5) is 0 Å². The predicted octanol–water partition coefficient (Wildman–Crippen LogP) is 0.255. The standard InChI is InChI=1S/C13H18O8/c1-8(2)12(17)18-5-6-19-13(9-7-20-9)21-11(16)4-3-10(14)15/h9,13H,1,3-7H2,2H3,(H,14,15). The van der Waals surface area contributed by atoms with Crippen LogP contribution in [0.15, 0.2) is 12.2 Å². The number of carbonyl (C=O) groups is 3. The summed E-state index contributed by atoms with van der Waals surface area (Å²) in [5, 5.41) is 8.47. The summed E-state index contributed by atoms with van der Waals surface area (Å²) in [6.07, 6.45) is -1.84. The molecule has 1 heterocycles. The van der Waals surface area contributed by atoms with Crippen molar-refractivity contribution in [2.24, 2.45) is 0 Å². The van der Waals surface area contributed by atoms with E-state index < -0.39 is 24.2 Å². The Morgan fingerprint density at radius 3 is 2.52 bits per heavy atom. The highest BCUT2D eigenvalue weighted by Gasteiger charge is 2.36. The summed E-state index contributed by atoms with van der Waals surface area (Å²) in [5.74, 6) is -2.30. The summed E-state index contributed by atoms with van der Waals surface area (Å²) in [5.41, 5.74) is 0.275. The van der Waals surface area contributed by atoms with Gasteiger partial charge in [-0.05, 0) is 6.92 Å². The van der Waals surface area contributed by atoms with Gasteiger partial charge in [0.15, 0.2) is 0 Å². The third-order valence-corrected chi connectivity index (χ3v) is 2.40. The van der Waals surface area contributed by atoms with Crippen LogP contribution >= 0.6 is 0 Å². The highest BCUT2D eigenvalue weighted by Crippen LogP contribution is 2.19. The molecule has 8 nitrogen and oxygen atoms in total. The Balaban J connectivity index is 2.24. The first kappa shape index (κ1) is 17.1. The van der Waals surface area contributed by atoms with Crippen LogP contribution < -0.4 is 0 Å². The number of hydrogen-bond donors (Lipinski definition) is 1. The molecule has 1 aliphatic rings. The molecule has 0 amide bonds. The molecule has 0 aromatic carbocycles. The minimum Gasteiger partial charge on any atom is -0.481 e. The molecule has 118 valence electrons. The van der Waals surface area contributed by atoms with Crippen molar-refractivity contribution >= 4 is 17.9 Å². The summed E-state index contributed by atoms with van der Waals surface area (Å²) >= 11 is 0. The van der Waals surface area contributed by atoms with Crippen LogP contribution in [0, 0.1) is 0 Å². The van der Waals surface area contributed by atoms with Gasteiger partial charge in [-0.1, -0.05) is 6.58 Å². The summed E-state index contributed by atoms with van der Waals surface area (Å²) in [6.45, 7) is 5.35. The fourth-order valence-electron chi connectivity index (χ4n) is 1.25. The number of esters is 2. The first-order valence-electron chi connectivity index (χ1n) is 6.37. The fourth-order valence-corrected chi connectivity index (χ4v) is 1.25. The first-order chi connectivity index (χ1) is 9.90. The van der Waals surface area contributed by atoms with Gasteiger partial charge in [0, 0.05) is 5.57 Å². The molecule has 1 fully saturated rings. The molecular formula is C13H18O8. The lowest BCUT2D eigenvalue weighted by Crippen LogP contribution is -2.29. The fraction of sp³-hybridized carbons (Fsp3) is 0.615. The van der Waals surface area contributed by atoms with E-state index >= 15 is 0 Å². The molecule has 0 radical (unpaired) electrons. The molecular weight excluding hydrogens is 284 g/mol. The maximum Gasteiger partial charge on any atom is 0.333 e. The lowest BCUT2D eigenvalue weighted by molar-refractivity contribution is -0.187. The highest BCUT2D eigenvalue weighted by atomic mass is 16.7. The van der Waals surface area contributed by atoms with Gasteiger partial charge in [-0.3, -0.25) is 9.59 Å². The van der Waals surface area contributed by atoms with Crippen LogP contribution in [-0.4, -0.2) is 55.2 Å². The summed E-state index contributed by atoms with van der Waals surface area (Å²) in [7, 11) is 0. The number of rotatable bonds is 10. The van der Waals surface area contributed by atoms with Crippen molar-refractivity contribution in [1.82, 2.24) is 0 Å². The van der Waals surface area contributed by atoms with Crippen molar-refractivity contribution in [3.63, 3.8) is 0 Å². The van der Waals surface area contributed by atoms with Gasteiger partial charge >= 0.3 is 17.9 Å². The smallest absolute Gasteiger partial charge is 0.333 e. The van der Waals surface area contributed by atoms with Crippen LogP contribution in [0.2, 0.25) is 0 Å². The second-order valence-electron chi connectivity index (χ2n) is 4.41. The lowest BCUT2D eigenvalue weighted by atomic mass is 10.3. The zero-order valence-corrected chi connectivity index (χ0v) is 11.7. The summed E-state index contributed by atoms with van der Waals surface area (Å²) in [4.78, 5) is 32.9. The predicted molar refractivity (Wildman–Crippen MR) is 68.2 cm³/mol. The van der Waals surface area contributed by atoms with Crippen LogP contribution in [0.5, 0.6) is 0 Å². The summed E-state index contributed by atoms with van der Waals surface area (Å²) in [6, 6.07) is 0. The average molecular weight is 302 g/mol. The molecule has 1 saturated heterocycles. The van der Waals surface area contributed by atoms with Crippen LogP contribution in [-0.2, 0) is 33.3 Å². The van der Waals surface area contributed by atoms with E-state index in [0.717, 1.165) is 0 Å². The van der Waals surface area contributed by atoms with Gasteiger partial charge < -0.3 is 24.1 Å². The zero-order valence-electron chi connectivity index (χ0n) is 11.7. The van der Waals surface area contributed by atoms with Crippen molar-refractivity contribution in [1.29, 1.82) is 0 Å². The van der Waals surface area contributed by atoms with Crippen molar-refractivity contribution in [2.45, 2.75) is 32.2 Å². The van der Waals surface area contributed by atoms with Gasteiger partial charge in [0.05, 0.1) is 26.1 Å². The second-order valence-corrected chi connectivity index (χ2v) is 4.41. The van der Waals surface area contributed by atoms with Crippen LogP contribution in [0.1, 0.15) is 19.8 Å². The van der Waals surface area contributed by atoms with Gasteiger partial charge in [-0.15, -0.1) is 0 Å². The normalized spacial score (nSPS) is 17.7. The van der Waals surface area contributed by atoms with E-state index in [4.69, 9.17) is 24.1 Å². The van der Waals surface area contributed by atoms with Crippen LogP contribution in [0.25, 0.3) is 0 Å². The molecule has 0 aromatic rings. The second kappa shape index (κ2) is 8.38. The quantitative estimate of drug-likeness (QED) is 0.201. The number of carboxylic acids is 1. The molecule has 8 heteroatoms. The first-order valence-corrected chi connectivity index (χ1v) is 6.37. The van der Waals surface area contributed by atoms with Crippen molar-refractivity contribution in [2.75, 3.05) is 19.8 Å². The molecule has 1 rings (SSSR count). The molecule has 1 N–H and O–H groups in total. The van der Waals surface area contributed by atoms with Gasteiger partial charge in [0.2, 0.25) is 6.29 Å². The molecule has 2 unspecified atom stereocenters. The number of hydrogen-bond acceptors (Lipinski definition) is 7. The zero-order chi connectivity index (χ0) is 15.8. The van der Waals surface area contributed by atoms with Crippen molar-refractivity contribution in [3.8, 4) is 0 Å². The third-order valence-electron chi connectivity index (χ3n) is 2.40. The van der Waals surface area contributed by atoms with E-state index in [1.165, 1.54) is 6.92 Å². The molecule has 2 atom stereocenters. The number of carboxylic acid groups (broad SMARTS) is 1. The highest BCUT2D eigenvalue weighted by molar-refractivity contribution is 5.86. The monoisotopic (exact) mass is 302 g/mol. The number of ether oxygens (including phenoxy) is 4. The maximum absolute atomic E-state index is 11.4. The van der Waals surface area contributed by atoms with Crippen molar-refractivity contribution in [3.05, 3.63) is 12.2 Å². The Hall–Kier alpha value is -1.93. The molecule has 0 saturated carbocycles. The molecule has 0 spiro atoms. The Kier molecular flexibility index (Phi) is 6.83. The van der Waals surface area contributed by atoms with E-state index in [2.05, 4.69) is 6.58 Å². The van der Waals surface area contributed by atoms with E-state index in [-0.39, 0.29) is 37.7 Å². The molecule has 0 aromatic heterocycles. The maximum atomic E-state index is 11.4. The van der Waals surface area contributed by atoms with E-state index in [1.807, 2.05) is 0 Å². The van der Waals surface area contributed by atoms with Gasteiger partial charge in [-0.2, -0.15) is 0 Å². The number of epoxide rings is 1. The SMILES string of the molecule is C=C(C)C(=O)OCCOC(OC(=O)CCC(=O)O)C1CO1. The topological polar surface area (TPSA) is 112 Å². The summed E-state index contributed by atoms with van der Waals surface area (Å²) < 4.78 is 20.0. The Labute approximate surface area is 121 Å². The molecule has 0 aliphatic carbocycles. The Morgan fingerprint density at radius 2 is 2.00 bits per heavy atom. The lowest BCUT2D eigenvalue weighted by Gasteiger charge is -2.16.